The summed E-state index contributed by atoms with van der Waals surface area (Å²) in [5.41, 5.74) is 2.26. The molecule has 0 saturated heterocycles. The Bertz CT molecular complexity index is 449. The number of hydrogen-bond donors (Lipinski definition) is 0. The van der Waals surface area contributed by atoms with Crippen LogP contribution in [0, 0.1) is 0 Å². The van der Waals surface area contributed by atoms with Crippen molar-refractivity contribution >= 4 is 6.21 Å². The smallest absolute Gasteiger partial charge is 0.0721 e. The van der Waals surface area contributed by atoms with Gasteiger partial charge in [-0.25, -0.2) is 0 Å². The molecule has 0 unspecified atom stereocenters. The van der Waals surface area contributed by atoms with Crippen LogP contribution in [0.1, 0.15) is 24.1 Å². The standard InChI is InChI=1S/C14H14N2/c1-12(14-7-3-2-4-8-14)16-11-13-6-5-9-15-10-13/h2-12H,1H3/t12-/m1/s1. The third-order valence-corrected chi connectivity index (χ3v) is 2.41. The molecule has 0 radical (unpaired) electrons. The topological polar surface area (TPSA) is 25.2 Å². The summed E-state index contributed by atoms with van der Waals surface area (Å²) in [6.45, 7) is 2.09. The van der Waals surface area contributed by atoms with Gasteiger partial charge in [-0.2, -0.15) is 0 Å². The fraction of sp³-hybridized carbons (Fsp3) is 0.143. The first-order valence-corrected chi connectivity index (χ1v) is 5.34. The van der Waals surface area contributed by atoms with E-state index >= 15 is 0 Å². The van der Waals surface area contributed by atoms with Crippen molar-refractivity contribution in [3.63, 3.8) is 0 Å². The number of aromatic nitrogens is 1. The third kappa shape index (κ3) is 2.76. The van der Waals surface area contributed by atoms with Crippen LogP contribution in [0.3, 0.4) is 0 Å². The van der Waals surface area contributed by atoms with E-state index in [-0.39, 0.29) is 6.04 Å². The monoisotopic (exact) mass is 210 g/mol. The number of rotatable bonds is 3. The zero-order valence-corrected chi connectivity index (χ0v) is 9.25. The summed E-state index contributed by atoms with van der Waals surface area (Å²) in [6, 6.07) is 14.3. The molecule has 0 saturated carbocycles. The second-order valence-corrected chi connectivity index (χ2v) is 3.65. The number of benzene rings is 1. The van der Waals surface area contributed by atoms with Crippen molar-refractivity contribution in [2.75, 3.05) is 0 Å². The Balaban J connectivity index is 2.08. The summed E-state index contributed by atoms with van der Waals surface area (Å²) >= 11 is 0. The van der Waals surface area contributed by atoms with Crippen LogP contribution in [0.2, 0.25) is 0 Å². The molecule has 2 rings (SSSR count). The fourth-order valence-electron chi connectivity index (χ4n) is 1.47. The van der Waals surface area contributed by atoms with Gasteiger partial charge in [0.05, 0.1) is 6.04 Å². The molecule has 1 heterocycles. The molecule has 0 spiro atoms. The Morgan fingerprint density at radius 2 is 1.94 bits per heavy atom. The predicted octanol–water partition coefficient (Wildman–Crippen LogP) is 3.26. The Hall–Kier alpha value is -1.96. The fourth-order valence-corrected chi connectivity index (χ4v) is 1.47. The lowest BCUT2D eigenvalue weighted by Gasteiger charge is -2.05. The Labute approximate surface area is 95.7 Å². The molecule has 0 fully saturated rings. The van der Waals surface area contributed by atoms with E-state index in [2.05, 4.69) is 29.0 Å². The highest BCUT2D eigenvalue weighted by Gasteiger charge is 1.99. The summed E-state index contributed by atoms with van der Waals surface area (Å²) in [5.74, 6) is 0. The van der Waals surface area contributed by atoms with Crippen molar-refractivity contribution < 1.29 is 0 Å². The molecule has 1 aromatic heterocycles. The third-order valence-electron chi connectivity index (χ3n) is 2.41. The first kappa shape index (κ1) is 10.6. The maximum Gasteiger partial charge on any atom is 0.0721 e. The minimum absolute atomic E-state index is 0.182. The second kappa shape index (κ2) is 5.21. The molecule has 2 aromatic rings. The quantitative estimate of drug-likeness (QED) is 0.714. The van der Waals surface area contributed by atoms with Gasteiger partial charge in [0.15, 0.2) is 0 Å². The van der Waals surface area contributed by atoms with E-state index in [1.165, 1.54) is 5.56 Å². The number of pyridine rings is 1. The van der Waals surface area contributed by atoms with Crippen LogP contribution >= 0.6 is 0 Å². The Morgan fingerprint density at radius 3 is 2.62 bits per heavy atom. The van der Waals surface area contributed by atoms with Crippen molar-refractivity contribution in [1.29, 1.82) is 0 Å². The Kier molecular flexibility index (Phi) is 3.44. The van der Waals surface area contributed by atoms with Gasteiger partial charge in [0.1, 0.15) is 0 Å². The minimum Gasteiger partial charge on any atom is -0.285 e. The van der Waals surface area contributed by atoms with E-state index in [1.54, 1.807) is 12.4 Å². The van der Waals surface area contributed by atoms with E-state index in [9.17, 15) is 0 Å². The summed E-state index contributed by atoms with van der Waals surface area (Å²) in [4.78, 5) is 8.54. The van der Waals surface area contributed by atoms with E-state index in [1.807, 2.05) is 36.5 Å². The molecule has 0 aliphatic heterocycles. The van der Waals surface area contributed by atoms with Crippen LogP contribution in [0.4, 0.5) is 0 Å². The van der Waals surface area contributed by atoms with Gasteiger partial charge >= 0.3 is 0 Å². The summed E-state index contributed by atoms with van der Waals surface area (Å²) in [6.07, 6.45) is 5.43. The summed E-state index contributed by atoms with van der Waals surface area (Å²) in [5, 5.41) is 0. The average molecular weight is 210 g/mol. The lowest BCUT2D eigenvalue weighted by atomic mass is 10.1. The van der Waals surface area contributed by atoms with Gasteiger partial charge in [-0.15, -0.1) is 0 Å². The lowest BCUT2D eigenvalue weighted by molar-refractivity contribution is 0.825. The van der Waals surface area contributed by atoms with Gasteiger partial charge < -0.3 is 0 Å². The van der Waals surface area contributed by atoms with Crippen molar-refractivity contribution in [3.05, 3.63) is 66.0 Å². The van der Waals surface area contributed by atoms with Gasteiger partial charge in [0, 0.05) is 24.2 Å². The number of hydrogen-bond acceptors (Lipinski definition) is 2. The molecule has 2 nitrogen and oxygen atoms in total. The average Bonchev–Trinajstić information content (AvgIpc) is 2.38. The zero-order valence-electron chi connectivity index (χ0n) is 9.25. The van der Waals surface area contributed by atoms with Crippen molar-refractivity contribution in [2.45, 2.75) is 13.0 Å². The van der Waals surface area contributed by atoms with E-state index in [0.29, 0.717) is 0 Å². The lowest BCUT2D eigenvalue weighted by Crippen LogP contribution is -1.90. The SMILES string of the molecule is C[C@@H](N=Cc1cccnc1)c1ccccc1. The van der Waals surface area contributed by atoms with Gasteiger partial charge in [-0.3, -0.25) is 9.98 Å². The summed E-state index contributed by atoms with van der Waals surface area (Å²) in [7, 11) is 0. The van der Waals surface area contributed by atoms with Crippen LogP contribution < -0.4 is 0 Å². The van der Waals surface area contributed by atoms with Gasteiger partial charge in [0.25, 0.3) is 0 Å². The first-order valence-electron chi connectivity index (χ1n) is 5.34. The molecule has 80 valence electrons. The van der Waals surface area contributed by atoms with Crippen molar-refractivity contribution in [2.24, 2.45) is 4.99 Å². The molecule has 1 aromatic carbocycles. The van der Waals surface area contributed by atoms with E-state index in [4.69, 9.17) is 0 Å². The predicted molar refractivity (Wildman–Crippen MR) is 66.7 cm³/mol. The molecular formula is C14H14N2. The van der Waals surface area contributed by atoms with Gasteiger partial charge in [-0.05, 0) is 18.6 Å². The summed E-state index contributed by atoms with van der Waals surface area (Å²) < 4.78 is 0. The van der Waals surface area contributed by atoms with Crippen LogP contribution in [0.5, 0.6) is 0 Å². The highest BCUT2D eigenvalue weighted by atomic mass is 14.8. The molecule has 0 amide bonds. The maximum absolute atomic E-state index is 4.50. The van der Waals surface area contributed by atoms with Crippen molar-refractivity contribution in [1.82, 2.24) is 4.98 Å². The van der Waals surface area contributed by atoms with Gasteiger partial charge in [0.2, 0.25) is 0 Å². The van der Waals surface area contributed by atoms with Crippen LogP contribution in [-0.4, -0.2) is 11.2 Å². The van der Waals surface area contributed by atoms with Gasteiger partial charge in [-0.1, -0.05) is 36.4 Å². The molecule has 1 atom stereocenters. The molecule has 0 aliphatic carbocycles. The second-order valence-electron chi connectivity index (χ2n) is 3.65. The number of aliphatic imine (C=N–C) groups is 1. The normalized spacial score (nSPS) is 12.8. The largest absolute Gasteiger partial charge is 0.285 e. The maximum atomic E-state index is 4.50. The van der Waals surface area contributed by atoms with Crippen LogP contribution in [0.15, 0.2) is 59.9 Å². The zero-order chi connectivity index (χ0) is 11.2. The molecule has 0 bridgehead atoms. The molecule has 16 heavy (non-hydrogen) atoms. The van der Waals surface area contributed by atoms with Crippen LogP contribution in [0.25, 0.3) is 0 Å². The first-order chi connectivity index (χ1) is 7.86. The molecule has 0 aliphatic rings. The van der Waals surface area contributed by atoms with Crippen LogP contribution in [-0.2, 0) is 0 Å². The minimum atomic E-state index is 0.182. The van der Waals surface area contributed by atoms with E-state index in [0.717, 1.165) is 5.56 Å². The Morgan fingerprint density at radius 1 is 1.12 bits per heavy atom. The highest BCUT2D eigenvalue weighted by Crippen LogP contribution is 2.15. The molecule has 2 heteroatoms. The molecule has 0 N–H and O–H groups in total. The van der Waals surface area contributed by atoms with E-state index < -0.39 is 0 Å². The number of nitrogens with zero attached hydrogens (tertiary/aromatic N) is 2. The molecular weight excluding hydrogens is 196 g/mol. The van der Waals surface area contributed by atoms with Crippen molar-refractivity contribution in [3.8, 4) is 0 Å². The highest BCUT2D eigenvalue weighted by molar-refractivity contribution is 5.79.